The number of carbonyl (C=O) groups excluding carboxylic acids is 2. The minimum atomic E-state index is -0.386. The number of thiocarbonyl (C=S) groups is 1. The third kappa shape index (κ3) is 3.60. The van der Waals surface area contributed by atoms with Crippen LogP contribution in [0.4, 0.5) is 0 Å². The van der Waals surface area contributed by atoms with Crippen molar-refractivity contribution in [2.24, 2.45) is 0 Å². The number of imide groups is 1. The summed E-state index contributed by atoms with van der Waals surface area (Å²) in [6, 6.07) is 14.9. The van der Waals surface area contributed by atoms with Gasteiger partial charge < -0.3 is 0 Å². The molecule has 1 aliphatic heterocycles. The van der Waals surface area contributed by atoms with E-state index in [1.165, 1.54) is 0 Å². The lowest BCUT2D eigenvalue weighted by Gasteiger charge is -2.12. The molecule has 0 radical (unpaired) electrons. The zero-order valence-corrected chi connectivity index (χ0v) is 16.4. The van der Waals surface area contributed by atoms with Crippen molar-refractivity contribution >= 4 is 68.8 Å². The summed E-state index contributed by atoms with van der Waals surface area (Å²) < 4.78 is 1.38. The monoisotopic (exact) mass is 465 g/mol. The van der Waals surface area contributed by atoms with Gasteiger partial charge in [-0.3, -0.25) is 9.59 Å². The Hall–Kier alpha value is -1.51. The van der Waals surface area contributed by atoms with Crippen molar-refractivity contribution in [3.63, 3.8) is 0 Å². The molecule has 0 spiro atoms. The molecule has 0 N–H and O–H groups in total. The van der Waals surface area contributed by atoms with Crippen LogP contribution < -0.4 is 0 Å². The Kier molecular flexibility index (Phi) is 5.17. The molecule has 6 heteroatoms. The lowest BCUT2D eigenvalue weighted by atomic mass is 10.1. The third-order valence-electron chi connectivity index (χ3n) is 3.46. The normalized spacial score (nSPS) is 16.1. The van der Waals surface area contributed by atoms with Crippen molar-refractivity contribution in [1.82, 2.24) is 4.90 Å². The average Bonchev–Trinajstić information content (AvgIpc) is 2.83. The Morgan fingerprint density at radius 1 is 1.12 bits per heavy atom. The highest BCUT2D eigenvalue weighted by Gasteiger charge is 2.37. The summed E-state index contributed by atoms with van der Waals surface area (Å²) in [7, 11) is 0. The van der Waals surface area contributed by atoms with Crippen LogP contribution in [0.1, 0.15) is 21.5 Å². The largest absolute Gasteiger partial charge is 0.273 e. The zero-order chi connectivity index (χ0) is 17.3. The van der Waals surface area contributed by atoms with E-state index in [0.717, 1.165) is 31.4 Å². The molecule has 3 rings (SSSR count). The van der Waals surface area contributed by atoms with Gasteiger partial charge in [0.2, 0.25) is 0 Å². The van der Waals surface area contributed by atoms with E-state index in [4.69, 9.17) is 12.2 Å². The molecular formula is C18H12INO2S2. The lowest BCUT2D eigenvalue weighted by Crippen LogP contribution is -2.34. The number of benzene rings is 2. The predicted molar refractivity (Wildman–Crippen MR) is 110 cm³/mol. The van der Waals surface area contributed by atoms with Crippen molar-refractivity contribution in [1.29, 1.82) is 0 Å². The van der Waals surface area contributed by atoms with Crippen molar-refractivity contribution in [2.45, 2.75) is 6.92 Å². The first kappa shape index (κ1) is 17.3. The van der Waals surface area contributed by atoms with E-state index in [0.29, 0.717) is 10.5 Å². The number of thioether (sulfide) groups is 1. The molecule has 1 heterocycles. The Labute approximate surface area is 163 Å². The second-order valence-corrected chi connectivity index (χ2v) is 8.16. The molecule has 0 atom stereocenters. The number of aryl methyl sites for hydroxylation is 1. The summed E-state index contributed by atoms with van der Waals surface area (Å²) in [5.41, 5.74) is 2.40. The van der Waals surface area contributed by atoms with Crippen molar-refractivity contribution in [3.05, 3.63) is 73.7 Å². The Morgan fingerprint density at radius 3 is 2.38 bits per heavy atom. The molecule has 0 saturated carbocycles. The van der Waals surface area contributed by atoms with Crippen LogP contribution in [0.3, 0.4) is 0 Å². The SMILES string of the molecule is Cc1ccc(C(=O)N2C(=O)C(=Cc3ccc(I)cc3)SC2=S)cc1. The molecule has 3 nitrogen and oxygen atoms in total. The van der Waals surface area contributed by atoms with Crippen LogP contribution in [-0.2, 0) is 4.79 Å². The van der Waals surface area contributed by atoms with E-state index in [9.17, 15) is 9.59 Å². The quantitative estimate of drug-likeness (QED) is 0.280. The van der Waals surface area contributed by atoms with Crippen molar-refractivity contribution < 1.29 is 9.59 Å². The molecule has 120 valence electrons. The molecule has 0 bridgehead atoms. The smallest absolute Gasteiger partial charge is 0.268 e. The van der Waals surface area contributed by atoms with E-state index in [1.54, 1.807) is 18.2 Å². The molecule has 2 aromatic rings. The van der Waals surface area contributed by atoms with Gasteiger partial charge in [0, 0.05) is 9.13 Å². The third-order valence-corrected chi connectivity index (χ3v) is 5.48. The van der Waals surface area contributed by atoms with Gasteiger partial charge in [0.05, 0.1) is 4.91 Å². The molecular weight excluding hydrogens is 453 g/mol. The molecule has 0 unspecified atom stereocenters. The second kappa shape index (κ2) is 7.16. The van der Waals surface area contributed by atoms with Crippen molar-refractivity contribution in [3.8, 4) is 0 Å². The number of hydrogen-bond donors (Lipinski definition) is 0. The van der Waals surface area contributed by atoms with E-state index in [2.05, 4.69) is 22.6 Å². The van der Waals surface area contributed by atoms with Gasteiger partial charge in [-0.2, -0.15) is 0 Å². The fourth-order valence-corrected chi connectivity index (χ4v) is 3.79. The molecule has 0 aromatic heterocycles. The topological polar surface area (TPSA) is 37.4 Å². The van der Waals surface area contributed by atoms with Crippen LogP contribution in [0.5, 0.6) is 0 Å². The standard InChI is InChI=1S/C18H12INO2S2/c1-11-2-6-13(7-3-11)16(21)20-17(22)15(24-18(20)23)10-12-4-8-14(19)9-5-12/h2-10H,1H3. The number of nitrogens with zero attached hydrogens (tertiary/aromatic N) is 1. The minimum absolute atomic E-state index is 0.266. The van der Waals surface area contributed by atoms with Gasteiger partial charge in [-0.25, -0.2) is 4.90 Å². The molecule has 1 fully saturated rings. The zero-order valence-electron chi connectivity index (χ0n) is 12.7. The molecule has 2 aromatic carbocycles. The van der Waals surface area contributed by atoms with Gasteiger partial charge in [0.1, 0.15) is 0 Å². The predicted octanol–water partition coefficient (Wildman–Crippen LogP) is 4.64. The number of hydrogen-bond acceptors (Lipinski definition) is 4. The number of rotatable bonds is 2. The maximum absolute atomic E-state index is 12.6. The molecule has 2 amide bonds. The van der Waals surface area contributed by atoms with E-state index < -0.39 is 0 Å². The Bertz CT molecular complexity index is 858. The number of amides is 2. The number of halogens is 1. The molecule has 0 aliphatic carbocycles. The van der Waals surface area contributed by atoms with Crippen LogP contribution in [0.25, 0.3) is 6.08 Å². The maximum atomic E-state index is 12.6. The van der Waals surface area contributed by atoms with Crippen LogP contribution in [0, 0.1) is 10.5 Å². The average molecular weight is 465 g/mol. The summed E-state index contributed by atoms with van der Waals surface area (Å²) in [4.78, 5) is 26.7. The lowest BCUT2D eigenvalue weighted by molar-refractivity contribution is -0.120. The van der Waals surface area contributed by atoms with Crippen LogP contribution in [0.15, 0.2) is 53.4 Å². The van der Waals surface area contributed by atoms with E-state index >= 15 is 0 Å². The first-order valence-electron chi connectivity index (χ1n) is 7.10. The number of carbonyl (C=O) groups is 2. The summed E-state index contributed by atoms with van der Waals surface area (Å²) in [6.07, 6.45) is 1.76. The summed E-state index contributed by atoms with van der Waals surface area (Å²) >= 11 is 8.61. The van der Waals surface area contributed by atoms with Crippen LogP contribution in [0.2, 0.25) is 0 Å². The van der Waals surface area contributed by atoms with Gasteiger partial charge in [0.15, 0.2) is 4.32 Å². The van der Waals surface area contributed by atoms with E-state index in [1.807, 2.05) is 43.3 Å². The fraction of sp³-hybridized carbons (Fsp3) is 0.0556. The second-order valence-electron chi connectivity index (χ2n) is 5.24. The Morgan fingerprint density at radius 2 is 1.75 bits per heavy atom. The minimum Gasteiger partial charge on any atom is -0.268 e. The van der Waals surface area contributed by atoms with Gasteiger partial charge >= 0.3 is 0 Å². The highest BCUT2D eigenvalue weighted by Crippen LogP contribution is 2.33. The molecule has 1 saturated heterocycles. The van der Waals surface area contributed by atoms with Gasteiger partial charge in [-0.15, -0.1) is 0 Å². The first-order valence-corrected chi connectivity index (χ1v) is 9.40. The first-order chi connectivity index (χ1) is 11.5. The highest BCUT2D eigenvalue weighted by molar-refractivity contribution is 14.1. The van der Waals surface area contributed by atoms with Gasteiger partial charge in [-0.05, 0) is 65.4 Å². The molecule has 24 heavy (non-hydrogen) atoms. The van der Waals surface area contributed by atoms with Gasteiger partial charge in [-0.1, -0.05) is 53.8 Å². The van der Waals surface area contributed by atoms with Crippen LogP contribution >= 0.6 is 46.6 Å². The molecule has 1 aliphatic rings. The van der Waals surface area contributed by atoms with E-state index in [-0.39, 0.29) is 16.1 Å². The van der Waals surface area contributed by atoms with Gasteiger partial charge in [0.25, 0.3) is 11.8 Å². The summed E-state index contributed by atoms with van der Waals surface area (Å²) in [5, 5.41) is 0. The fourth-order valence-electron chi connectivity index (χ4n) is 2.18. The highest BCUT2D eigenvalue weighted by atomic mass is 127. The summed E-state index contributed by atoms with van der Waals surface area (Å²) in [6.45, 7) is 1.94. The Balaban J connectivity index is 1.87. The maximum Gasteiger partial charge on any atom is 0.273 e. The van der Waals surface area contributed by atoms with Crippen molar-refractivity contribution in [2.75, 3.05) is 0 Å². The summed E-state index contributed by atoms with van der Waals surface area (Å²) in [5.74, 6) is -0.752. The van der Waals surface area contributed by atoms with Crippen LogP contribution in [-0.4, -0.2) is 21.0 Å².